The third-order valence-electron chi connectivity index (χ3n) is 4.20. The lowest BCUT2D eigenvalue weighted by atomic mass is 10.1. The summed E-state index contributed by atoms with van der Waals surface area (Å²) >= 11 is 7.69. The Morgan fingerprint density at radius 2 is 1.76 bits per heavy atom. The smallest absolute Gasteiger partial charge is 0.257 e. The Labute approximate surface area is 156 Å². The summed E-state index contributed by atoms with van der Waals surface area (Å²) in [6, 6.07) is 12.4. The fraction of sp³-hybridized carbons (Fsp3) is 0.263. The third kappa shape index (κ3) is 4.17. The number of anilines is 1. The van der Waals surface area contributed by atoms with E-state index in [2.05, 4.69) is 5.32 Å². The van der Waals surface area contributed by atoms with Gasteiger partial charge >= 0.3 is 0 Å². The molecule has 6 heteroatoms. The number of thioether (sulfide) groups is 1. The van der Waals surface area contributed by atoms with E-state index in [1.54, 1.807) is 48.2 Å². The normalized spacial score (nSPS) is 13.8. The molecule has 0 aliphatic carbocycles. The molecule has 2 aromatic rings. The van der Waals surface area contributed by atoms with Crippen LogP contribution in [0.4, 0.5) is 5.69 Å². The quantitative estimate of drug-likeness (QED) is 0.798. The first-order valence-corrected chi connectivity index (χ1v) is 9.73. The Bertz CT molecular complexity index is 787. The molecule has 25 heavy (non-hydrogen) atoms. The van der Waals surface area contributed by atoms with E-state index < -0.39 is 0 Å². The van der Waals surface area contributed by atoms with Gasteiger partial charge in [0.2, 0.25) is 0 Å². The molecule has 2 amide bonds. The van der Waals surface area contributed by atoms with E-state index in [1.165, 1.54) is 0 Å². The average molecular weight is 375 g/mol. The van der Waals surface area contributed by atoms with Crippen molar-refractivity contribution in [3.05, 3.63) is 58.6 Å². The van der Waals surface area contributed by atoms with Gasteiger partial charge in [0.15, 0.2) is 0 Å². The molecular formula is C19H19ClN2O2S. The molecule has 1 fully saturated rings. The molecular weight excluding hydrogens is 356 g/mol. The SMILES string of the molecule is CSc1ccc(Cl)c(C(=O)Nc2ccc(C(=O)N3CCCC3)cc2)c1. The van der Waals surface area contributed by atoms with Crippen molar-refractivity contribution in [2.45, 2.75) is 17.7 Å². The monoisotopic (exact) mass is 374 g/mol. The Hall–Kier alpha value is -1.98. The van der Waals surface area contributed by atoms with Crippen molar-refractivity contribution in [3.63, 3.8) is 0 Å². The number of amides is 2. The Morgan fingerprint density at radius 3 is 2.40 bits per heavy atom. The van der Waals surface area contributed by atoms with Gasteiger partial charge in [0.25, 0.3) is 11.8 Å². The van der Waals surface area contributed by atoms with Gasteiger partial charge < -0.3 is 10.2 Å². The van der Waals surface area contributed by atoms with Crippen molar-refractivity contribution in [1.29, 1.82) is 0 Å². The van der Waals surface area contributed by atoms with Crippen LogP contribution in [0.25, 0.3) is 0 Å². The second kappa shape index (κ2) is 7.93. The zero-order valence-corrected chi connectivity index (χ0v) is 15.5. The minimum atomic E-state index is -0.264. The van der Waals surface area contributed by atoms with Crippen LogP contribution in [0.2, 0.25) is 5.02 Å². The summed E-state index contributed by atoms with van der Waals surface area (Å²) in [4.78, 5) is 27.6. The molecule has 0 saturated carbocycles. The molecule has 0 unspecified atom stereocenters. The van der Waals surface area contributed by atoms with Crippen molar-refractivity contribution in [2.24, 2.45) is 0 Å². The summed E-state index contributed by atoms with van der Waals surface area (Å²) in [5.74, 6) is -0.217. The second-order valence-electron chi connectivity index (χ2n) is 5.88. The van der Waals surface area contributed by atoms with E-state index >= 15 is 0 Å². The number of hydrogen-bond donors (Lipinski definition) is 1. The Morgan fingerprint density at radius 1 is 1.08 bits per heavy atom. The maximum atomic E-state index is 12.5. The molecule has 2 aromatic carbocycles. The molecule has 0 aromatic heterocycles. The number of halogens is 1. The number of nitrogens with zero attached hydrogens (tertiary/aromatic N) is 1. The van der Waals surface area contributed by atoms with Crippen molar-refractivity contribution >= 4 is 40.9 Å². The molecule has 1 heterocycles. The fourth-order valence-electron chi connectivity index (χ4n) is 2.80. The van der Waals surface area contributed by atoms with Crippen molar-refractivity contribution in [3.8, 4) is 0 Å². The van der Waals surface area contributed by atoms with E-state index in [-0.39, 0.29) is 11.8 Å². The lowest BCUT2D eigenvalue weighted by Gasteiger charge is -2.15. The standard InChI is InChI=1S/C19H19ClN2O2S/c1-25-15-8-9-17(20)16(12-15)18(23)21-14-6-4-13(5-7-14)19(24)22-10-2-3-11-22/h4-9,12H,2-3,10-11H2,1H3,(H,21,23). The topological polar surface area (TPSA) is 49.4 Å². The number of likely N-dealkylation sites (tertiary alicyclic amines) is 1. The van der Waals surface area contributed by atoms with Crippen LogP contribution in [0.5, 0.6) is 0 Å². The molecule has 1 aliphatic rings. The molecule has 1 N–H and O–H groups in total. The number of hydrogen-bond acceptors (Lipinski definition) is 3. The zero-order valence-electron chi connectivity index (χ0n) is 13.9. The zero-order chi connectivity index (χ0) is 17.8. The van der Waals surface area contributed by atoms with Crippen LogP contribution >= 0.6 is 23.4 Å². The summed E-state index contributed by atoms with van der Waals surface area (Å²) in [6.07, 6.45) is 4.08. The lowest BCUT2D eigenvalue weighted by molar-refractivity contribution is 0.0792. The van der Waals surface area contributed by atoms with Gasteiger partial charge in [-0.15, -0.1) is 11.8 Å². The van der Waals surface area contributed by atoms with Crippen molar-refractivity contribution in [1.82, 2.24) is 4.90 Å². The molecule has 1 aliphatic heterocycles. The highest BCUT2D eigenvalue weighted by Crippen LogP contribution is 2.24. The van der Waals surface area contributed by atoms with Crippen LogP contribution in [-0.2, 0) is 0 Å². The first kappa shape index (κ1) is 17.8. The molecule has 0 atom stereocenters. The minimum absolute atomic E-state index is 0.0473. The van der Waals surface area contributed by atoms with Gasteiger partial charge in [-0.1, -0.05) is 11.6 Å². The summed E-state index contributed by atoms with van der Waals surface area (Å²) in [5.41, 5.74) is 1.71. The molecule has 0 spiro atoms. The van der Waals surface area contributed by atoms with Gasteiger partial charge in [0.1, 0.15) is 0 Å². The Balaban J connectivity index is 1.71. The van der Waals surface area contributed by atoms with Gasteiger partial charge in [-0.05, 0) is 61.6 Å². The predicted octanol–water partition coefficient (Wildman–Crippen LogP) is 4.55. The highest BCUT2D eigenvalue weighted by molar-refractivity contribution is 7.98. The summed E-state index contributed by atoms with van der Waals surface area (Å²) in [7, 11) is 0. The van der Waals surface area contributed by atoms with Crippen LogP contribution in [-0.4, -0.2) is 36.1 Å². The van der Waals surface area contributed by atoms with Gasteiger partial charge in [-0.3, -0.25) is 9.59 Å². The third-order valence-corrected chi connectivity index (χ3v) is 5.26. The number of carbonyl (C=O) groups is 2. The van der Waals surface area contributed by atoms with Gasteiger partial charge in [-0.25, -0.2) is 0 Å². The maximum absolute atomic E-state index is 12.5. The molecule has 3 rings (SSSR count). The molecule has 1 saturated heterocycles. The number of rotatable bonds is 4. The fourth-order valence-corrected chi connectivity index (χ4v) is 3.45. The number of benzene rings is 2. The van der Waals surface area contributed by atoms with Gasteiger partial charge in [-0.2, -0.15) is 0 Å². The summed E-state index contributed by atoms with van der Waals surface area (Å²) < 4.78 is 0. The Kier molecular flexibility index (Phi) is 5.66. The van der Waals surface area contributed by atoms with Crippen molar-refractivity contribution in [2.75, 3.05) is 24.7 Å². The van der Waals surface area contributed by atoms with Crippen LogP contribution in [0.1, 0.15) is 33.6 Å². The predicted molar refractivity (Wildman–Crippen MR) is 103 cm³/mol. The van der Waals surface area contributed by atoms with E-state index in [0.29, 0.717) is 21.8 Å². The van der Waals surface area contributed by atoms with Crippen LogP contribution in [0.3, 0.4) is 0 Å². The lowest BCUT2D eigenvalue weighted by Crippen LogP contribution is -2.27. The molecule has 4 nitrogen and oxygen atoms in total. The second-order valence-corrected chi connectivity index (χ2v) is 7.16. The first-order valence-electron chi connectivity index (χ1n) is 8.13. The van der Waals surface area contributed by atoms with E-state index in [0.717, 1.165) is 30.8 Å². The molecule has 130 valence electrons. The number of carbonyl (C=O) groups excluding carboxylic acids is 2. The van der Waals surface area contributed by atoms with Gasteiger partial charge in [0, 0.05) is 29.2 Å². The summed E-state index contributed by atoms with van der Waals surface area (Å²) in [5, 5.41) is 3.24. The van der Waals surface area contributed by atoms with Crippen LogP contribution in [0.15, 0.2) is 47.4 Å². The number of nitrogens with one attached hydrogen (secondary N) is 1. The molecule has 0 radical (unpaired) electrons. The first-order chi connectivity index (χ1) is 12.1. The average Bonchev–Trinajstić information content (AvgIpc) is 3.17. The van der Waals surface area contributed by atoms with Gasteiger partial charge in [0.05, 0.1) is 10.6 Å². The summed E-state index contributed by atoms with van der Waals surface area (Å²) in [6.45, 7) is 1.64. The van der Waals surface area contributed by atoms with Crippen LogP contribution < -0.4 is 5.32 Å². The van der Waals surface area contributed by atoms with Crippen molar-refractivity contribution < 1.29 is 9.59 Å². The van der Waals surface area contributed by atoms with E-state index in [1.807, 2.05) is 17.2 Å². The van der Waals surface area contributed by atoms with E-state index in [4.69, 9.17) is 11.6 Å². The van der Waals surface area contributed by atoms with Crippen LogP contribution in [0, 0.1) is 0 Å². The van der Waals surface area contributed by atoms with E-state index in [9.17, 15) is 9.59 Å². The highest BCUT2D eigenvalue weighted by Gasteiger charge is 2.19. The largest absolute Gasteiger partial charge is 0.339 e. The molecule has 0 bridgehead atoms. The highest BCUT2D eigenvalue weighted by atomic mass is 35.5. The maximum Gasteiger partial charge on any atom is 0.257 e. The minimum Gasteiger partial charge on any atom is -0.339 e.